The van der Waals surface area contributed by atoms with E-state index in [9.17, 15) is 18.6 Å². The molecule has 1 rings (SSSR count). The van der Waals surface area contributed by atoms with Gasteiger partial charge in [-0.25, -0.2) is 0 Å². The van der Waals surface area contributed by atoms with Crippen LogP contribution < -0.4 is 0 Å². The first-order chi connectivity index (χ1) is 9.77. The molecule has 0 bridgehead atoms. The maximum Gasteiger partial charge on any atom is 0.297 e. The van der Waals surface area contributed by atoms with E-state index in [2.05, 4.69) is 0 Å². The fraction of sp³-hybridized carbons (Fsp3) is 0.538. The van der Waals surface area contributed by atoms with Crippen molar-refractivity contribution in [1.82, 2.24) is 0 Å². The summed E-state index contributed by atoms with van der Waals surface area (Å²) in [5, 5.41) is 27.7. The Morgan fingerprint density at radius 3 is 2.24 bits per heavy atom. The Hall–Kier alpha value is -1.03. The van der Waals surface area contributed by atoms with E-state index >= 15 is 0 Å². The number of aliphatic hydroxyl groups is 3. The summed E-state index contributed by atoms with van der Waals surface area (Å²) in [5.74, 6) is 0. The molecule has 0 heterocycles. The number of aryl methyl sites for hydroxylation is 1. The molecule has 7 nitrogen and oxygen atoms in total. The first-order valence-electron chi connectivity index (χ1n) is 6.32. The van der Waals surface area contributed by atoms with E-state index in [-0.39, 0.29) is 4.90 Å². The Kier molecular flexibility index (Phi) is 6.72. The maximum absolute atomic E-state index is 12.0. The fourth-order valence-electron chi connectivity index (χ4n) is 1.58. The van der Waals surface area contributed by atoms with Crippen molar-refractivity contribution in [3.05, 3.63) is 29.8 Å². The van der Waals surface area contributed by atoms with Crippen molar-refractivity contribution in [2.75, 3.05) is 13.4 Å². The predicted octanol–water partition coefficient (Wildman–Crippen LogP) is -0.223. The second-order valence-corrected chi connectivity index (χ2v) is 6.23. The highest BCUT2D eigenvalue weighted by Crippen LogP contribution is 2.15. The van der Waals surface area contributed by atoms with Crippen molar-refractivity contribution in [1.29, 1.82) is 0 Å². The Bertz CT molecular complexity index is 524. The normalized spacial score (nSPS) is 16.4. The van der Waals surface area contributed by atoms with Crippen LogP contribution in [0.1, 0.15) is 12.5 Å². The van der Waals surface area contributed by atoms with Crippen LogP contribution in [-0.2, 0) is 19.0 Å². The third-order valence-electron chi connectivity index (χ3n) is 2.86. The van der Waals surface area contributed by atoms with Crippen LogP contribution in [0.2, 0.25) is 0 Å². The number of hydrogen-bond donors (Lipinski definition) is 3. The molecule has 3 atom stereocenters. The number of ether oxygens (including phenoxy) is 1. The van der Waals surface area contributed by atoms with Crippen LogP contribution in [0.4, 0.5) is 0 Å². The van der Waals surface area contributed by atoms with Crippen molar-refractivity contribution >= 4 is 10.1 Å². The average Bonchev–Trinajstić information content (AvgIpc) is 2.43. The molecule has 0 saturated heterocycles. The van der Waals surface area contributed by atoms with E-state index in [1.165, 1.54) is 19.1 Å². The van der Waals surface area contributed by atoms with Crippen LogP contribution in [0, 0.1) is 6.92 Å². The molecular formula is C13H20O7S. The minimum Gasteiger partial charge on any atom is -0.391 e. The number of hydrogen-bond acceptors (Lipinski definition) is 7. The highest BCUT2D eigenvalue weighted by atomic mass is 32.2. The molecule has 0 aliphatic carbocycles. The lowest BCUT2D eigenvalue weighted by Crippen LogP contribution is -2.41. The SMILES string of the molecule is Cc1ccc(S(=O)(=O)OCC(OCO)[C@H](O)C(C)O)cc1. The van der Waals surface area contributed by atoms with Crippen molar-refractivity contribution in [2.45, 2.75) is 37.1 Å². The summed E-state index contributed by atoms with van der Waals surface area (Å²) in [7, 11) is -4.00. The van der Waals surface area contributed by atoms with Gasteiger partial charge in [-0.05, 0) is 26.0 Å². The van der Waals surface area contributed by atoms with E-state index in [1.54, 1.807) is 12.1 Å². The second-order valence-electron chi connectivity index (χ2n) is 4.62. The lowest BCUT2D eigenvalue weighted by molar-refractivity contribution is -0.135. The van der Waals surface area contributed by atoms with E-state index in [0.29, 0.717) is 0 Å². The van der Waals surface area contributed by atoms with E-state index in [1.807, 2.05) is 6.92 Å². The predicted molar refractivity (Wildman–Crippen MR) is 74.0 cm³/mol. The summed E-state index contributed by atoms with van der Waals surface area (Å²) < 4.78 is 33.5. The quantitative estimate of drug-likeness (QED) is 0.448. The zero-order valence-corrected chi connectivity index (χ0v) is 12.7. The molecule has 1 aromatic carbocycles. The molecule has 1 aromatic rings. The third-order valence-corrected chi connectivity index (χ3v) is 4.16. The van der Waals surface area contributed by atoms with Crippen molar-refractivity contribution < 1.29 is 32.7 Å². The minimum absolute atomic E-state index is 0.0256. The highest BCUT2D eigenvalue weighted by molar-refractivity contribution is 7.86. The summed E-state index contributed by atoms with van der Waals surface area (Å²) in [5.41, 5.74) is 0.903. The van der Waals surface area contributed by atoms with E-state index in [0.717, 1.165) is 5.56 Å². The van der Waals surface area contributed by atoms with Gasteiger partial charge < -0.3 is 20.1 Å². The molecule has 0 aliphatic heterocycles. The molecule has 3 N–H and O–H groups in total. The number of rotatable bonds is 8. The molecule has 0 aromatic heterocycles. The van der Waals surface area contributed by atoms with Crippen LogP contribution in [-0.4, -0.2) is 55.4 Å². The van der Waals surface area contributed by atoms with E-state index in [4.69, 9.17) is 14.0 Å². The van der Waals surface area contributed by atoms with Gasteiger partial charge in [0.15, 0.2) is 0 Å². The smallest absolute Gasteiger partial charge is 0.297 e. The second kappa shape index (κ2) is 7.83. The Morgan fingerprint density at radius 1 is 1.19 bits per heavy atom. The van der Waals surface area contributed by atoms with Crippen molar-refractivity contribution in [2.24, 2.45) is 0 Å². The van der Waals surface area contributed by atoms with Crippen LogP contribution in [0.15, 0.2) is 29.2 Å². The molecule has 120 valence electrons. The molecule has 8 heteroatoms. The number of aliphatic hydroxyl groups excluding tert-OH is 3. The Labute approximate surface area is 123 Å². The topological polar surface area (TPSA) is 113 Å². The molecule has 2 unspecified atom stereocenters. The average molecular weight is 320 g/mol. The lowest BCUT2D eigenvalue weighted by Gasteiger charge is -2.23. The molecule has 0 fully saturated rings. The van der Waals surface area contributed by atoms with Gasteiger partial charge in [0.2, 0.25) is 0 Å². The highest BCUT2D eigenvalue weighted by Gasteiger charge is 2.27. The lowest BCUT2D eigenvalue weighted by atomic mass is 10.1. The third kappa shape index (κ3) is 5.34. The standard InChI is InChI=1S/C13H20O7S/c1-9-3-5-11(6-4-9)21(17,18)20-7-12(19-8-14)13(16)10(2)15/h3-6,10,12-16H,7-8H2,1-2H3/t10?,12?,13-/m1/s1. The first kappa shape index (κ1) is 18.0. The van der Waals surface area contributed by atoms with Gasteiger partial charge in [-0.3, -0.25) is 4.18 Å². The van der Waals surface area contributed by atoms with Gasteiger partial charge in [0.05, 0.1) is 17.6 Å². The van der Waals surface area contributed by atoms with Crippen molar-refractivity contribution in [3.8, 4) is 0 Å². The Balaban J connectivity index is 2.76. The summed E-state index contributed by atoms with van der Waals surface area (Å²) in [4.78, 5) is -0.0256. The van der Waals surface area contributed by atoms with Gasteiger partial charge in [0.1, 0.15) is 19.0 Å². The minimum atomic E-state index is -4.00. The Morgan fingerprint density at radius 2 is 1.76 bits per heavy atom. The van der Waals surface area contributed by atoms with Gasteiger partial charge in [-0.15, -0.1) is 0 Å². The van der Waals surface area contributed by atoms with Gasteiger partial charge in [0.25, 0.3) is 10.1 Å². The molecule has 0 aliphatic rings. The van der Waals surface area contributed by atoms with Crippen LogP contribution >= 0.6 is 0 Å². The molecule has 0 spiro atoms. The number of benzene rings is 1. The van der Waals surface area contributed by atoms with Crippen LogP contribution in [0.3, 0.4) is 0 Å². The molecule has 0 radical (unpaired) electrons. The van der Waals surface area contributed by atoms with Crippen molar-refractivity contribution in [3.63, 3.8) is 0 Å². The molecule has 0 saturated carbocycles. The summed E-state index contributed by atoms with van der Waals surface area (Å²) in [6.45, 7) is 1.87. The molecular weight excluding hydrogens is 300 g/mol. The summed E-state index contributed by atoms with van der Waals surface area (Å²) >= 11 is 0. The molecule has 21 heavy (non-hydrogen) atoms. The summed E-state index contributed by atoms with van der Waals surface area (Å²) in [6, 6.07) is 6.06. The van der Waals surface area contributed by atoms with Crippen LogP contribution in [0.25, 0.3) is 0 Å². The maximum atomic E-state index is 12.0. The molecule has 0 amide bonds. The first-order valence-corrected chi connectivity index (χ1v) is 7.73. The van der Waals surface area contributed by atoms with Gasteiger partial charge in [-0.2, -0.15) is 8.42 Å². The monoisotopic (exact) mass is 320 g/mol. The zero-order valence-electron chi connectivity index (χ0n) is 11.8. The van der Waals surface area contributed by atoms with Crippen LogP contribution in [0.5, 0.6) is 0 Å². The zero-order chi connectivity index (χ0) is 16.0. The largest absolute Gasteiger partial charge is 0.391 e. The van der Waals surface area contributed by atoms with Gasteiger partial charge in [0, 0.05) is 0 Å². The van der Waals surface area contributed by atoms with E-state index < -0.39 is 41.8 Å². The van der Waals surface area contributed by atoms with Gasteiger partial charge in [-0.1, -0.05) is 17.7 Å². The fourth-order valence-corrected chi connectivity index (χ4v) is 2.50. The van der Waals surface area contributed by atoms with Gasteiger partial charge >= 0.3 is 0 Å². The summed E-state index contributed by atoms with van der Waals surface area (Å²) in [6.07, 6.45) is -3.71.